The molecule has 0 bridgehead atoms. The lowest BCUT2D eigenvalue weighted by atomic mass is 10.0. The van der Waals surface area contributed by atoms with Crippen LogP contribution in [0.2, 0.25) is 0 Å². The maximum Gasteiger partial charge on any atom is 0.165 e. The fourth-order valence-corrected chi connectivity index (χ4v) is 5.47. The van der Waals surface area contributed by atoms with Gasteiger partial charge in [0.25, 0.3) is 0 Å². The third kappa shape index (κ3) is 4.60. The smallest absolute Gasteiger partial charge is 0.165 e. The second-order valence-corrected chi connectivity index (χ2v) is 10.3. The number of hydrogen-bond acceptors (Lipinski definition) is 3. The van der Waals surface area contributed by atoms with Gasteiger partial charge in [-0.2, -0.15) is 0 Å². The average Bonchev–Trinajstić information content (AvgIpc) is 3.01. The highest BCUT2D eigenvalue weighted by atomic mass is 79.9. The number of fused-ring (bicyclic) bond motifs is 2. The van der Waals surface area contributed by atoms with Crippen LogP contribution in [0.25, 0.3) is 66.8 Å². The first-order valence-corrected chi connectivity index (χ1v) is 13.6. The lowest BCUT2D eigenvalue weighted by molar-refractivity contribution is 1.07. The van der Waals surface area contributed by atoms with Crippen LogP contribution in [0.3, 0.4) is 0 Å². The Balaban J connectivity index is 1.44. The van der Waals surface area contributed by atoms with Crippen molar-refractivity contribution in [2.45, 2.75) is 0 Å². The molecule has 0 aliphatic carbocycles. The molecule has 0 aliphatic heterocycles. The van der Waals surface area contributed by atoms with Gasteiger partial charge in [-0.1, -0.05) is 125 Å². The summed E-state index contributed by atoms with van der Waals surface area (Å²) >= 11 is 3.79. The summed E-state index contributed by atoms with van der Waals surface area (Å²) in [5.41, 5.74) is 5.10. The number of hydrogen-bond donors (Lipinski definition) is 0. The molecule has 184 valence electrons. The van der Waals surface area contributed by atoms with Crippen LogP contribution in [0.4, 0.5) is 0 Å². The predicted octanol–water partition coefficient (Wildman–Crippen LogP) is 9.61. The average molecular weight is 564 g/mol. The molecule has 0 fully saturated rings. The van der Waals surface area contributed by atoms with E-state index in [4.69, 9.17) is 15.0 Å². The highest BCUT2D eigenvalue weighted by Crippen LogP contribution is 2.34. The van der Waals surface area contributed by atoms with E-state index in [-0.39, 0.29) is 0 Å². The Morgan fingerprint density at radius 2 is 0.897 bits per heavy atom. The van der Waals surface area contributed by atoms with Gasteiger partial charge in [-0.05, 0) is 56.9 Å². The Hall–Kier alpha value is -4.67. The summed E-state index contributed by atoms with van der Waals surface area (Å²) in [6.45, 7) is 0. The first kappa shape index (κ1) is 23.4. The van der Waals surface area contributed by atoms with Crippen LogP contribution in [0.15, 0.2) is 138 Å². The highest BCUT2D eigenvalue weighted by molar-refractivity contribution is 9.10. The molecular formula is C35H22BrN3. The summed E-state index contributed by atoms with van der Waals surface area (Å²) in [5, 5.41) is 4.63. The van der Waals surface area contributed by atoms with Crippen molar-refractivity contribution < 1.29 is 0 Å². The van der Waals surface area contributed by atoms with Crippen LogP contribution in [0.1, 0.15) is 0 Å². The largest absolute Gasteiger partial charge is 0.208 e. The Kier molecular flexibility index (Phi) is 5.95. The lowest BCUT2D eigenvalue weighted by Gasteiger charge is -2.12. The second kappa shape index (κ2) is 9.90. The zero-order chi connectivity index (χ0) is 26.2. The SMILES string of the molecule is Brc1cc2ccccc2cc1-c1nc(-c2cccc(-c3ccccc3)c2)nc(-c2ccc3ccccc3c2)n1. The van der Waals surface area contributed by atoms with Crippen molar-refractivity contribution in [3.63, 3.8) is 0 Å². The van der Waals surface area contributed by atoms with Crippen molar-refractivity contribution in [3.8, 4) is 45.3 Å². The Labute approximate surface area is 235 Å². The molecule has 0 aliphatic rings. The van der Waals surface area contributed by atoms with E-state index in [1.165, 1.54) is 5.39 Å². The van der Waals surface area contributed by atoms with E-state index < -0.39 is 0 Å². The number of rotatable bonds is 4. The molecule has 0 unspecified atom stereocenters. The lowest BCUT2D eigenvalue weighted by Crippen LogP contribution is -2.01. The Morgan fingerprint density at radius 3 is 1.64 bits per heavy atom. The number of halogens is 1. The first-order chi connectivity index (χ1) is 19.2. The normalized spacial score (nSPS) is 11.2. The van der Waals surface area contributed by atoms with E-state index in [0.717, 1.165) is 48.4 Å². The van der Waals surface area contributed by atoms with Gasteiger partial charge < -0.3 is 0 Å². The van der Waals surface area contributed by atoms with E-state index in [2.05, 4.69) is 137 Å². The minimum atomic E-state index is 0.630. The van der Waals surface area contributed by atoms with E-state index in [1.54, 1.807) is 0 Å². The van der Waals surface area contributed by atoms with E-state index >= 15 is 0 Å². The second-order valence-electron chi connectivity index (χ2n) is 9.49. The number of nitrogens with zero attached hydrogens (tertiary/aromatic N) is 3. The van der Waals surface area contributed by atoms with Gasteiger partial charge in [-0.25, -0.2) is 15.0 Å². The van der Waals surface area contributed by atoms with Crippen molar-refractivity contribution in [1.82, 2.24) is 15.0 Å². The van der Waals surface area contributed by atoms with E-state index in [0.29, 0.717) is 17.5 Å². The third-order valence-corrected chi connectivity index (χ3v) is 7.60. The molecule has 3 nitrogen and oxygen atoms in total. The molecule has 0 atom stereocenters. The van der Waals surface area contributed by atoms with Crippen molar-refractivity contribution in [3.05, 3.63) is 138 Å². The zero-order valence-corrected chi connectivity index (χ0v) is 22.5. The van der Waals surface area contributed by atoms with Gasteiger partial charge >= 0.3 is 0 Å². The summed E-state index contributed by atoms with van der Waals surface area (Å²) in [6, 6.07) is 46.0. The maximum atomic E-state index is 5.01. The van der Waals surface area contributed by atoms with Gasteiger partial charge in [0.2, 0.25) is 0 Å². The predicted molar refractivity (Wildman–Crippen MR) is 164 cm³/mol. The fraction of sp³-hybridized carbons (Fsp3) is 0. The Bertz CT molecular complexity index is 1980. The van der Waals surface area contributed by atoms with Gasteiger partial charge in [0.05, 0.1) is 0 Å². The molecule has 0 spiro atoms. The van der Waals surface area contributed by atoms with Crippen molar-refractivity contribution >= 4 is 37.5 Å². The molecule has 7 rings (SSSR count). The zero-order valence-electron chi connectivity index (χ0n) is 20.9. The maximum absolute atomic E-state index is 5.01. The van der Waals surface area contributed by atoms with Gasteiger partial charge in [0.15, 0.2) is 17.5 Å². The summed E-state index contributed by atoms with van der Waals surface area (Å²) in [7, 11) is 0. The molecule has 1 heterocycles. The minimum absolute atomic E-state index is 0.630. The summed E-state index contributed by atoms with van der Waals surface area (Å²) in [5.74, 6) is 1.91. The van der Waals surface area contributed by atoms with Crippen LogP contribution in [-0.4, -0.2) is 15.0 Å². The van der Waals surface area contributed by atoms with Crippen molar-refractivity contribution in [2.24, 2.45) is 0 Å². The summed E-state index contributed by atoms with van der Waals surface area (Å²) in [6.07, 6.45) is 0. The van der Waals surface area contributed by atoms with Crippen LogP contribution in [-0.2, 0) is 0 Å². The van der Waals surface area contributed by atoms with Crippen LogP contribution < -0.4 is 0 Å². The molecule has 39 heavy (non-hydrogen) atoms. The van der Waals surface area contributed by atoms with Gasteiger partial charge in [-0.15, -0.1) is 0 Å². The van der Waals surface area contributed by atoms with Crippen molar-refractivity contribution in [1.29, 1.82) is 0 Å². The summed E-state index contributed by atoms with van der Waals surface area (Å²) in [4.78, 5) is 15.0. The van der Waals surface area contributed by atoms with Gasteiger partial charge in [0.1, 0.15) is 0 Å². The van der Waals surface area contributed by atoms with Crippen LogP contribution in [0.5, 0.6) is 0 Å². The van der Waals surface area contributed by atoms with Crippen LogP contribution in [0, 0.1) is 0 Å². The first-order valence-electron chi connectivity index (χ1n) is 12.8. The molecule has 1 aromatic heterocycles. The highest BCUT2D eigenvalue weighted by Gasteiger charge is 2.16. The molecule has 0 saturated heterocycles. The number of aromatic nitrogens is 3. The van der Waals surface area contributed by atoms with E-state index in [9.17, 15) is 0 Å². The molecule has 0 radical (unpaired) electrons. The molecule has 0 amide bonds. The molecule has 0 saturated carbocycles. The summed E-state index contributed by atoms with van der Waals surface area (Å²) < 4.78 is 0.945. The quantitative estimate of drug-likeness (QED) is 0.214. The topological polar surface area (TPSA) is 38.7 Å². The van der Waals surface area contributed by atoms with Gasteiger partial charge in [0, 0.05) is 21.2 Å². The monoisotopic (exact) mass is 563 g/mol. The molecule has 4 heteroatoms. The molecule has 6 aromatic carbocycles. The molecule has 7 aromatic rings. The van der Waals surface area contributed by atoms with Gasteiger partial charge in [-0.3, -0.25) is 0 Å². The van der Waals surface area contributed by atoms with Crippen molar-refractivity contribution in [2.75, 3.05) is 0 Å². The molecule has 0 N–H and O–H groups in total. The third-order valence-electron chi connectivity index (χ3n) is 6.95. The fourth-order valence-electron chi connectivity index (χ4n) is 4.94. The molecular weight excluding hydrogens is 542 g/mol. The van der Waals surface area contributed by atoms with E-state index in [1.807, 2.05) is 12.1 Å². The standard InChI is InChI=1S/C35H22BrN3/c36-32-22-28-14-7-6-13-27(28)21-31(32)35-38-33(29-16-8-15-26(19-29)23-9-2-1-3-10-23)37-34(39-35)30-18-17-24-11-4-5-12-25(24)20-30/h1-22H. The van der Waals surface area contributed by atoms with Crippen LogP contribution >= 0.6 is 15.9 Å². The number of benzene rings is 6. The Morgan fingerprint density at radius 1 is 0.359 bits per heavy atom. The minimum Gasteiger partial charge on any atom is -0.208 e.